The van der Waals surface area contributed by atoms with E-state index >= 15 is 0 Å². The maximum Gasteiger partial charge on any atom is 0.330 e. The van der Waals surface area contributed by atoms with Gasteiger partial charge in [0.05, 0.1) is 6.42 Å². The summed E-state index contributed by atoms with van der Waals surface area (Å²) in [7, 11) is 0. The van der Waals surface area contributed by atoms with Crippen molar-refractivity contribution in [1.82, 2.24) is 4.90 Å². The van der Waals surface area contributed by atoms with Crippen molar-refractivity contribution >= 4 is 17.8 Å². The Bertz CT molecular complexity index is 620. The van der Waals surface area contributed by atoms with Gasteiger partial charge in [0, 0.05) is 5.56 Å². The number of carbonyl (C=O) groups excluding carboxylic acids is 2. The summed E-state index contributed by atoms with van der Waals surface area (Å²) in [6, 6.07) is 6.87. The van der Waals surface area contributed by atoms with Gasteiger partial charge >= 0.3 is 5.97 Å². The van der Waals surface area contributed by atoms with Crippen LogP contribution in [0.15, 0.2) is 24.3 Å². The molecule has 20 heavy (non-hydrogen) atoms. The van der Waals surface area contributed by atoms with Crippen molar-refractivity contribution in [3.05, 3.63) is 35.4 Å². The Labute approximate surface area is 116 Å². The first-order valence-electron chi connectivity index (χ1n) is 6.65. The summed E-state index contributed by atoms with van der Waals surface area (Å²) in [6.45, 7) is 1.48. The number of carboxylic acid groups (broad SMARTS) is 1. The highest BCUT2D eigenvalue weighted by Gasteiger charge is 2.56. The van der Waals surface area contributed by atoms with Gasteiger partial charge in [-0.1, -0.05) is 18.2 Å². The second-order valence-corrected chi connectivity index (χ2v) is 5.60. The average molecular weight is 273 g/mol. The van der Waals surface area contributed by atoms with E-state index in [1.54, 1.807) is 24.3 Å². The second-order valence-electron chi connectivity index (χ2n) is 5.60. The number of hydrogen-bond donors (Lipinski definition) is 1. The number of carboxylic acids is 1. The van der Waals surface area contributed by atoms with Gasteiger partial charge in [0.15, 0.2) is 0 Å². The van der Waals surface area contributed by atoms with Crippen molar-refractivity contribution in [2.45, 2.75) is 31.7 Å². The predicted molar refractivity (Wildman–Crippen MR) is 70.1 cm³/mol. The Morgan fingerprint density at radius 1 is 1.30 bits per heavy atom. The van der Waals surface area contributed by atoms with Gasteiger partial charge in [-0.25, -0.2) is 4.79 Å². The van der Waals surface area contributed by atoms with Crippen LogP contribution in [-0.2, 0) is 16.0 Å². The van der Waals surface area contributed by atoms with Crippen LogP contribution in [-0.4, -0.2) is 33.3 Å². The molecule has 0 saturated heterocycles. The second kappa shape index (κ2) is 4.16. The number of carbonyl (C=O) groups is 3. The topological polar surface area (TPSA) is 74.7 Å². The third kappa shape index (κ3) is 1.66. The minimum atomic E-state index is -1.43. The normalized spacial score (nSPS) is 21.4. The molecule has 1 aromatic carbocycles. The summed E-state index contributed by atoms with van der Waals surface area (Å²) in [5, 5.41) is 9.53. The van der Waals surface area contributed by atoms with Crippen molar-refractivity contribution in [1.29, 1.82) is 0 Å². The molecule has 1 fully saturated rings. The smallest absolute Gasteiger partial charge is 0.330 e. The van der Waals surface area contributed by atoms with E-state index in [-0.39, 0.29) is 12.3 Å². The van der Waals surface area contributed by atoms with Crippen LogP contribution in [0.4, 0.5) is 0 Å². The molecule has 0 spiro atoms. The van der Waals surface area contributed by atoms with Gasteiger partial charge in [-0.05, 0) is 37.3 Å². The van der Waals surface area contributed by atoms with Crippen LogP contribution >= 0.6 is 0 Å². The molecule has 1 saturated carbocycles. The molecular weight excluding hydrogens is 258 g/mol. The molecule has 5 nitrogen and oxygen atoms in total. The zero-order chi connectivity index (χ0) is 14.5. The quantitative estimate of drug-likeness (QED) is 0.846. The van der Waals surface area contributed by atoms with E-state index in [0.29, 0.717) is 11.1 Å². The van der Waals surface area contributed by atoms with Crippen LogP contribution in [0, 0.1) is 5.92 Å². The largest absolute Gasteiger partial charge is 0.479 e. The maximum absolute atomic E-state index is 12.6. The van der Waals surface area contributed by atoms with Crippen LogP contribution < -0.4 is 0 Å². The number of imide groups is 1. The summed E-state index contributed by atoms with van der Waals surface area (Å²) >= 11 is 0. The molecule has 0 radical (unpaired) electrons. The average Bonchev–Trinajstić information content (AvgIpc) is 3.22. The van der Waals surface area contributed by atoms with Crippen molar-refractivity contribution in [3.8, 4) is 0 Å². The predicted octanol–water partition coefficient (Wildman–Crippen LogP) is 1.46. The minimum Gasteiger partial charge on any atom is -0.479 e. The molecule has 2 aliphatic rings. The summed E-state index contributed by atoms with van der Waals surface area (Å²) in [5.74, 6) is -2.17. The number of nitrogens with zero attached hydrogens (tertiary/aromatic N) is 1. The molecule has 1 aliphatic carbocycles. The Kier molecular flexibility index (Phi) is 2.67. The van der Waals surface area contributed by atoms with E-state index in [2.05, 4.69) is 0 Å². The van der Waals surface area contributed by atoms with E-state index in [1.165, 1.54) is 6.92 Å². The number of aliphatic carboxylic acids is 1. The van der Waals surface area contributed by atoms with Crippen LogP contribution in [0.3, 0.4) is 0 Å². The molecule has 0 aromatic heterocycles. The SMILES string of the molecule is CC(C(=O)O)(C1CC1)N1C(=O)Cc2ccccc2C1=O. The summed E-state index contributed by atoms with van der Waals surface area (Å²) in [5.41, 5.74) is -0.329. The van der Waals surface area contributed by atoms with Gasteiger partial charge in [0.2, 0.25) is 5.91 Å². The molecule has 104 valence electrons. The van der Waals surface area contributed by atoms with Gasteiger partial charge in [0.25, 0.3) is 5.91 Å². The fourth-order valence-electron chi connectivity index (χ4n) is 2.93. The number of rotatable bonds is 3. The molecule has 1 heterocycles. The van der Waals surface area contributed by atoms with Gasteiger partial charge in [-0.3, -0.25) is 14.5 Å². The van der Waals surface area contributed by atoms with Crippen LogP contribution in [0.2, 0.25) is 0 Å². The molecule has 1 atom stereocenters. The minimum absolute atomic E-state index is 0.0809. The molecule has 3 rings (SSSR count). The first-order valence-corrected chi connectivity index (χ1v) is 6.65. The lowest BCUT2D eigenvalue weighted by Crippen LogP contribution is -2.61. The lowest BCUT2D eigenvalue weighted by Gasteiger charge is -2.39. The summed E-state index contributed by atoms with van der Waals surface area (Å²) < 4.78 is 0. The van der Waals surface area contributed by atoms with Gasteiger partial charge < -0.3 is 5.11 Å². The van der Waals surface area contributed by atoms with Crippen molar-refractivity contribution in [2.24, 2.45) is 5.92 Å². The molecule has 1 unspecified atom stereocenters. The molecule has 1 aliphatic heterocycles. The van der Waals surface area contributed by atoms with Crippen LogP contribution in [0.1, 0.15) is 35.7 Å². The Morgan fingerprint density at radius 2 is 1.95 bits per heavy atom. The number of hydrogen-bond acceptors (Lipinski definition) is 3. The standard InChI is InChI=1S/C15H15NO4/c1-15(14(19)20,10-6-7-10)16-12(17)8-9-4-2-3-5-11(9)13(16)18/h2-5,10H,6-8H2,1H3,(H,19,20). The monoisotopic (exact) mass is 273 g/mol. The van der Waals surface area contributed by atoms with E-state index in [0.717, 1.165) is 17.7 Å². The van der Waals surface area contributed by atoms with Gasteiger partial charge in [0.1, 0.15) is 5.54 Å². The zero-order valence-corrected chi connectivity index (χ0v) is 11.1. The molecule has 5 heteroatoms. The van der Waals surface area contributed by atoms with E-state index in [1.807, 2.05) is 0 Å². The highest BCUT2D eigenvalue weighted by Crippen LogP contribution is 2.44. The Morgan fingerprint density at radius 3 is 2.55 bits per heavy atom. The van der Waals surface area contributed by atoms with Crippen LogP contribution in [0.25, 0.3) is 0 Å². The molecule has 1 aromatic rings. The summed E-state index contributed by atoms with van der Waals surface area (Å²) in [4.78, 5) is 37.5. The Balaban J connectivity index is 2.08. The number of amides is 2. The fourth-order valence-corrected chi connectivity index (χ4v) is 2.93. The van der Waals surface area contributed by atoms with Crippen LogP contribution in [0.5, 0.6) is 0 Å². The highest BCUT2D eigenvalue weighted by molar-refractivity contribution is 6.12. The number of benzene rings is 1. The lowest BCUT2D eigenvalue weighted by atomic mass is 9.88. The fraction of sp³-hybridized carbons (Fsp3) is 0.400. The van der Waals surface area contributed by atoms with E-state index in [4.69, 9.17) is 0 Å². The lowest BCUT2D eigenvalue weighted by molar-refractivity contribution is -0.156. The summed E-state index contributed by atoms with van der Waals surface area (Å²) in [6.07, 6.45) is 1.56. The Hall–Kier alpha value is -2.17. The van der Waals surface area contributed by atoms with Crippen molar-refractivity contribution in [3.63, 3.8) is 0 Å². The van der Waals surface area contributed by atoms with Crippen molar-refractivity contribution in [2.75, 3.05) is 0 Å². The highest BCUT2D eigenvalue weighted by atomic mass is 16.4. The van der Waals surface area contributed by atoms with E-state index < -0.39 is 23.3 Å². The van der Waals surface area contributed by atoms with E-state index in [9.17, 15) is 19.5 Å². The third-order valence-corrected chi connectivity index (χ3v) is 4.31. The number of fused-ring (bicyclic) bond motifs is 1. The maximum atomic E-state index is 12.6. The molecular formula is C15H15NO4. The third-order valence-electron chi connectivity index (χ3n) is 4.31. The molecule has 0 bridgehead atoms. The zero-order valence-electron chi connectivity index (χ0n) is 11.1. The first-order chi connectivity index (χ1) is 9.46. The molecule has 1 N–H and O–H groups in total. The molecule has 2 amide bonds. The van der Waals surface area contributed by atoms with Gasteiger partial charge in [-0.2, -0.15) is 0 Å². The first kappa shape index (κ1) is 12.8. The van der Waals surface area contributed by atoms with Gasteiger partial charge in [-0.15, -0.1) is 0 Å². The van der Waals surface area contributed by atoms with Crippen molar-refractivity contribution < 1.29 is 19.5 Å².